The minimum absolute atomic E-state index is 0.208. The van der Waals surface area contributed by atoms with Crippen LogP contribution in [0.1, 0.15) is 23.6 Å². The average Bonchev–Trinajstić information content (AvgIpc) is 2.41. The predicted octanol–water partition coefficient (Wildman–Crippen LogP) is 1.82. The Bertz CT molecular complexity index is 323. The third kappa shape index (κ3) is 1.11. The monoisotopic (exact) mass is 274 g/mol. The molecule has 0 aromatic heterocycles. The van der Waals surface area contributed by atoms with Gasteiger partial charge in [0.2, 0.25) is 0 Å². The van der Waals surface area contributed by atoms with Crippen molar-refractivity contribution in [1.29, 1.82) is 0 Å². The maximum absolute atomic E-state index is 5.93. The molecular formula is C9H11IN2. The molecule has 0 amide bonds. The lowest BCUT2D eigenvalue weighted by Gasteiger charge is -2.07. The number of benzene rings is 1. The SMILES string of the molecule is Nc1c(I)ccc2c1CC[C@H]2N. The van der Waals surface area contributed by atoms with Gasteiger partial charge in [0, 0.05) is 15.3 Å². The van der Waals surface area contributed by atoms with Gasteiger partial charge in [0.15, 0.2) is 0 Å². The summed E-state index contributed by atoms with van der Waals surface area (Å²) in [6, 6.07) is 4.35. The molecule has 1 atom stereocenters. The second kappa shape index (κ2) is 2.88. The Labute approximate surface area is 85.5 Å². The molecule has 4 N–H and O–H groups in total. The van der Waals surface area contributed by atoms with Crippen molar-refractivity contribution in [3.05, 3.63) is 26.8 Å². The van der Waals surface area contributed by atoms with Crippen molar-refractivity contribution < 1.29 is 0 Å². The fourth-order valence-electron chi connectivity index (χ4n) is 1.73. The zero-order chi connectivity index (χ0) is 8.72. The zero-order valence-electron chi connectivity index (χ0n) is 6.68. The highest BCUT2D eigenvalue weighted by Crippen LogP contribution is 2.35. The molecule has 0 radical (unpaired) electrons. The van der Waals surface area contributed by atoms with Gasteiger partial charge in [0.05, 0.1) is 0 Å². The van der Waals surface area contributed by atoms with Crippen LogP contribution >= 0.6 is 22.6 Å². The Morgan fingerprint density at radius 1 is 1.42 bits per heavy atom. The Morgan fingerprint density at radius 3 is 2.92 bits per heavy atom. The molecule has 0 fully saturated rings. The van der Waals surface area contributed by atoms with Crippen LogP contribution < -0.4 is 11.5 Å². The molecule has 0 unspecified atom stereocenters. The molecule has 0 heterocycles. The van der Waals surface area contributed by atoms with Gasteiger partial charge in [0.25, 0.3) is 0 Å². The van der Waals surface area contributed by atoms with Crippen molar-refractivity contribution in [3.8, 4) is 0 Å². The first-order valence-electron chi connectivity index (χ1n) is 4.02. The number of hydrogen-bond acceptors (Lipinski definition) is 2. The standard InChI is InChI=1S/C9H11IN2/c10-7-3-1-5-6(9(7)12)2-4-8(5)11/h1,3,8H,2,4,11-12H2/t8-/m1/s1. The van der Waals surface area contributed by atoms with E-state index in [2.05, 4.69) is 28.7 Å². The van der Waals surface area contributed by atoms with Gasteiger partial charge in [-0.2, -0.15) is 0 Å². The maximum Gasteiger partial charge on any atom is 0.0485 e. The highest BCUT2D eigenvalue weighted by Gasteiger charge is 2.21. The molecule has 0 saturated heterocycles. The van der Waals surface area contributed by atoms with Gasteiger partial charge in [0.1, 0.15) is 0 Å². The molecule has 0 bridgehead atoms. The average molecular weight is 274 g/mol. The third-order valence-corrected chi connectivity index (χ3v) is 3.39. The fourth-order valence-corrected chi connectivity index (χ4v) is 2.24. The van der Waals surface area contributed by atoms with Crippen molar-refractivity contribution in [2.75, 3.05) is 5.73 Å². The summed E-state index contributed by atoms with van der Waals surface area (Å²) in [6.45, 7) is 0. The van der Waals surface area contributed by atoms with E-state index in [0.29, 0.717) is 0 Å². The molecule has 1 aliphatic carbocycles. The lowest BCUT2D eigenvalue weighted by molar-refractivity contribution is 0.713. The van der Waals surface area contributed by atoms with Crippen molar-refractivity contribution in [2.45, 2.75) is 18.9 Å². The van der Waals surface area contributed by atoms with E-state index >= 15 is 0 Å². The molecule has 0 aliphatic heterocycles. The predicted molar refractivity (Wildman–Crippen MR) is 58.8 cm³/mol. The van der Waals surface area contributed by atoms with Crippen molar-refractivity contribution in [1.82, 2.24) is 0 Å². The van der Waals surface area contributed by atoms with E-state index in [1.165, 1.54) is 11.1 Å². The number of nitrogen functional groups attached to an aromatic ring is 1. The summed E-state index contributed by atoms with van der Waals surface area (Å²) in [5, 5.41) is 0. The highest BCUT2D eigenvalue weighted by molar-refractivity contribution is 14.1. The van der Waals surface area contributed by atoms with E-state index in [4.69, 9.17) is 11.5 Å². The van der Waals surface area contributed by atoms with Crippen molar-refractivity contribution in [3.63, 3.8) is 0 Å². The van der Waals surface area contributed by atoms with Gasteiger partial charge in [-0.25, -0.2) is 0 Å². The van der Waals surface area contributed by atoms with Crippen molar-refractivity contribution >= 4 is 28.3 Å². The van der Waals surface area contributed by atoms with E-state index in [1.807, 2.05) is 6.07 Å². The molecule has 0 spiro atoms. The minimum atomic E-state index is 0.208. The van der Waals surface area contributed by atoms with Gasteiger partial charge in [-0.1, -0.05) is 6.07 Å². The quantitative estimate of drug-likeness (QED) is 0.560. The van der Waals surface area contributed by atoms with Crippen LogP contribution in [0.2, 0.25) is 0 Å². The summed E-state index contributed by atoms with van der Waals surface area (Å²) in [7, 11) is 0. The number of hydrogen-bond donors (Lipinski definition) is 2. The van der Waals surface area contributed by atoms with Crippen LogP contribution in [-0.2, 0) is 6.42 Å². The Morgan fingerprint density at radius 2 is 2.17 bits per heavy atom. The second-order valence-electron chi connectivity index (χ2n) is 3.17. The molecule has 1 aromatic carbocycles. The van der Waals surface area contributed by atoms with E-state index in [9.17, 15) is 0 Å². The first kappa shape index (κ1) is 8.31. The largest absolute Gasteiger partial charge is 0.398 e. The molecule has 2 nitrogen and oxygen atoms in total. The van der Waals surface area contributed by atoms with Gasteiger partial charge in [-0.15, -0.1) is 0 Å². The molecule has 3 heteroatoms. The second-order valence-corrected chi connectivity index (χ2v) is 4.34. The third-order valence-electron chi connectivity index (χ3n) is 2.44. The summed E-state index contributed by atoms with van der Waals surface area (Å²) in [4.78, 5) is 0. The Hall–Kier alpha value is -0.290. The van der Waals surface area contributed by atoms with Crippen LogP contribution in [-0.4, -0.2) is 0 Å². The lowest BCUT2D eigenvalue weighted by Crippen LogP contribution is -2.05. The highest BCUT2D eigenvalue weighted by atomic mass is 127. The zero-order valence-corrected chi connectivity index (χ0v) is 8.84. The van der Waals surface area contributed by atoms with Crippen LogP contribution in [0.15, 0.2) is 12.1 Å². The topological polar surface area (TPSA) is 52.0 Å². The summed E-state index contributed by atoms with van der Waals surface area (Å²) >= 11 is 2.26. The smallest absolute Gasteiger partial charge is 0.0485 e. The lowest BCUT2D eigenvalue weighted by atomic mass is 10.1. The molecule has 1 aliphatic rings. The minimum Gasteiger partial charge on any atom is -0.398 e. The van der Waals surface area contributed by atoms with Crippen LogP contribution in [0, 0.1) is 3.57 Å². The first-order chi connectivity index (χ1) is 5.70. The van der Waals surface area contributed by atoms with Crippen LogP contribution in [0.5, 0.6) is 0 Å². The maximum atomic E-state index is 5.93. The van der Waals surface area contributed by atoms with Crippen LogP contribution in [0.25, 0.3) is 0 Å². The van der Waals surface area contributed by atoms with Gasteiger partial charge < -0.3 is 11.5 Å². The van der Waals surface area contributed by atoms with E-state index in [0.717, 1.165) is 22.1 Å². The summed E-state index contributed by atoms with van der Waals surface area (Å²) < 4.78 is 1.14. The fraction of sp³-hybridized carbons (Fsp3) is 0.333. The molecule has 1 aromatic rings. The number of fused-ring (bicyclic) bond motifs is 1. The van der Waals surface area contributed by atoms with E-state index in [1.54, 1.807) is 0 Å². The molecular weight excluding hydrogens is 263 g/mol. The van der Waals surface area contributed by atoms with Gasteiger partial charge >= 0.3 is 0 Å². The normalized spacial score (nSPS) is 21.0. The number of halogens is 1. The van der Waals surface area contributed by atoms with Gasteiger partial charge in [-0.05, 0) is 52.6 Å². The number of rotatable bonds is 0. The van der Waals surface area contributed by atoms with Crippen LogP contribution in [0.4, 0.5) is 5.69 Å². The van der Waals surface area contributed by atoms with Crippen LogP contribution in [0.3, 0.4) is 0 Å². The van der Waals surface area contributed by atoms with E-state index in [-0.39, 0.29) is 6.04 Å². The number of nitrogens with two attached hydrogens (primary N) is 2. The van der Waals surface area contributed by atoms with Crippen molar-refractivity contribution in [2.24, 2.45) is 5.73 Å². The van der Waals surface area contributed by atoms with E-state index < -0.39 is 0 Å². The Kier molecular flexibility index (Phi) is 2.00. The molecule has 2 rings (SSSR count). The Balaban J connectivity index is 2.60. The van der Waals surface area contributed by atoms with Gasteiger partial charge in [-0.3, -0.25) is 0 Å². The summed E-state index contributed by atoms with van der Waals surface area (Å²) in [6.07, 6.45) is 2.08. The molecule has 12 heavy (non-hydrogen) atoms. The first-order valence-corrected chi connectivity index (χ1v) is 5.10. The molecule has 64 valence electrons. The number of anilines is 1. The summed E-state index contributed by atoms with van der Waals surface area (Å²) in [5.41, 5.74) is 15.3. The summed E-state index contributed by atoms with van der Waals surface area (Å²) in [5.74, 6) is 0. The molecule has 0 saturated carbocycles.